The fourth-order valence-corrected chi connectivity index (χ4v) is 1.02. The highest BCUT2D eigenvalue weighted by atomic mass is 16.5. The van der Waals surface area contributed by atoms with Gasteiger partial charge in [0.05, 0.1) is 7.11 Å². The summed E-state index contributed by atoms with van der Waals surface area (Å²) < 4.78 is 4.87. The SMILES string of the molecule is COc1ncc(C(=O)C(=O)O)cc1C. The van der Waals surface area contributed by atoms with Crippen LogP contribution in [-0.4, -0.2) is 29.0 Å². The number of aryl methyl sites for hydroxylation is 1. The van der Waals surface area contributed by atoms with E-state index in [4.69, 9.17) is 9.84 Å². The van der Waals surface area contributed by atoms with E-state index in [1.165, 1.54) is 19.4 Å². The first-order chi connectivity index (χ1) is 6.56. The summed E-state index contributed by atoms with van der Waals surface area (Å²) in [6, 6.07) is 1.43. The molecule has 0 saturated carbocycles. The number of Topliss-reactive ketones (excluding diaryl/α,β-unsaturated/α-hetero) is 1. The van der Waals surface area contributed by atoms with Gasteiger partial charge in [-0.3, -0.25) is 4.79 Å². The smallest absolute Gasteiger partial charge is 0.377 e. The van der Waals surface area contributed by atoms with Crippen LogP contribution in [-0.2, 0) is 4.79 Å². The molecule has 0 aliphatic carbocycles. The molecule has 0 radical (unpaired) electrons. The van der Waals surface area contributed by atoms with Crippen molar-refractivity contribution in [1.29, 1.82) is 0 Å². The highest BCUT2D eigenvalue weighted by Crippen LogP contribution is 2.14. The second-order valence-electron chi connectivity index (χ2n) is 2.68. The first kappa shape index (κ1) is 10.2. The lowest BCUT2D eigenvalue weighted by Crippen LogP contribution is -2.13. The summed E-state index contributed by atoms with van der Waals surface area (Å²) in [6.45, 7) is 1.68. The summed E-state index contributed by atoms with van der Waals surface area (Å²) >= 11 is 0. The summed E-state index contributed by atoms with van der Waals surface area (Å²) in [4.78, 5) is 25.2. The molecule has 0 bridgehead atoms. The molecule has 1 rings (SSSR count). The standard InChI is InChI=1S/C9H9NO4/c1-5-3-6(7(11)9(12)13)4-10-8(5)14-2/h3-4H,1-2H3,(H,12,13). The highest BCUT2D eigenvalue weighted by Gasteiger charge is 2.15. The molecule has 0 saturated heterocycles. The van der Waals surface area contributed by atoms with Crippen LogP contribution in [0.1, 0.15) is 15.9 Å². The normalized spacial score (nSPS) is 9.57. The van der Waals surface area contributed by atoms with Gasteiger partial charge >= 0.3 is 5.97 Å². The molecule has 0 aromatic carbocycles. The van der Waals surface area contributed by atoms with Crippen molar-refractivity contribution in [3.8, 4) is 5.88 Å². The number of carboxylic acids is 1. The van der Waals surface area contributed by atoms with Crippen molar-refractivity contribution in [1.82, 2.24) is 4.98 Å². The first-order valence-electron chi connectivity index (χ1n) is 3.84. The Kier molecular flexibility index (Phi) is 2.81. The molecule has 0 unspecified atom stereocenters. The lowest BCUT2D eigenvalue weighted by molar-refractivity contribution is -0.131. The lowest BCUT2D eigenvalue weighted by atomic mass is 10.1. The van der Waals surface area contributed by atoms with E-state index >= 15 is 0 Å². The topological polar surface area (TPSA) is 76.5 Å². The van der Waals surface area contributed by atoms with Gasteiger partial charge in [0.1, 0.15) is 0 Å². The predicted molar refractivity (Wildman–Crippen MR) is 47.5 cm³/mol. The van der Waals surface area contributed by atoms with Gasteiger partial charge in [0.15, 0.2) is 0 Å². The Morgan fingerprint density at radius 1 is 1.50 bits per heavy atom. The molecule has 0 fully saturated rings. The van der Waals surface area contributed by atoms with Crippen molar-refractivity contribution in [2.24, 2.45) is 0 Å². The van der Waals surface area contributed by atoms with E-state index in [1.807, 2.05) is 0 Å². The Hall–Kier alpha value is -1.91. The van der Waals surface area contributed by atoms with Crippen LogP contribution in [0.5, 0.6) is 5.88 Å². The van der Waals surface area contributed by atoms with Crippen LogP contribution in [0, 0.1) is 6.92 Å². The first-order valence-corrected chi connectivity index (χ1v) is 3.84. The number of carboxylic acid groups (broad SMARTS) is 1. The Morgan fingerprint density at radius 3 is 2.57 bits per heavy atom. The zero-order valence-corrected chi connectivity index (χ0v) is 7.77. The summed E-state index contributed by atoms with van der Waals surface area (Å²) in [7, 11) is 1.45. The van der Waals surface area contributed by atoms with Crippen molar-refractivity contribution < 1.29 is 19.4 Å². The van der Waals surface area contributed by atoms with E-state index in [9.17, 15) is 9.59 Å². The number of rotatable bonds is 3. The average Bonchev–Trinajstić information content (AvgIpc) is 2.16. The molecular weight excluding hydrogens is 186 g/mol. The zero-order valence-electron chi connectivity index (χ0n) is 7.77. The Labute approximate surface area is 80.3 Å². The lowest BCUT2D eigenvalue weighted by Gasteiger charge is -2.03. The number of hydrogen-bond donors (Lipinski definition) is 1. The van der Waals surface area contributed by atoms with Gasteiger partial charge in [0.2, 0.25) is 5.88 Å². The number of aliphatic carboxylic acids is 1. The third kappa shape index (κ3) is 1.87. The molecule has 5 nitrogen and oxygen atoms in total. The molecule has 1 aromatic rings. The minimum atomic E-state index is -1.49. The molecule has 0 spiro atoms. The molecule has 1 aromatic heterocycles. The van der Waals surface area contributed by atoms with Gasteiger partial charge in [-0.05, 0) is 13.0 Å². The molecule has 1 heterocycles. The summed E-state index contributed by atoms with van der Waals surface area (Å²) in [5.41, 5.74) is 0.676. The van der Waals surface area contributed by atoms with E-state index < -0.39 is 11.8 Å². The van der Waals surface area contributed by atoms with E-state index in [2.05, 4.69) is 4.98 Å². The van der Waals surface area contributed by atoms with Crippen LogP contribution in [0.2, 0.25) is 0 Å². The van der Waals surface area contributed by atoms with Crippen molar-refractivity contribution in [3.05, 3.63) is 23.4 Å². The quantitative estimate of drug-likeness (QED) is 0.566. The summed E-state index contributed by atoms with van der Waals surface area (Å²) in [5.74, 6) is -2.08. The van der Waals surface area contributed by atoms with Gasteiger partial charge in [-0.15, -0.1) is 0 Å². The van der Waals surface area contributed by atoms with Gasteiger partial charge in [-0.25, -0.2) is 9.78 Å². The summed E-state index contributed by atoms with van der Waals surface area (Å²) in [6.07, 6.45) is 1.18. The van der Waals surface area contributed by atoms with Crippen LogP contribution < -0.4 is 4.74 Å². The third-order valence-corrected chi connectivity index (χ3v) is 1.68. The van der Waals surface area contributed by atoms with Crippen LogP contribution in [0.4, 0.5) is 0 Å². The second-order valence-corrected chi connectivity index (χ2v) is 2.68. The molecule has 0 aliphatic rings. The number of ether oxygens (including phenoxy) is 1. The number of ketones is 1. The number of nitrogens with zero attached hydrogens (tertiary/aromatic N) is 1. The Morgan fingerprint density at radius 2 is 2.14 bits per heavy atom. The van der Waals surface area contributed by atoms with Gasteiger partial charge in [-0.2, -0.15) is 0 Å². The van der Waals surface area contributed by atoms with Crippen LogP contribution in [0.15, 0.2) is 12.3 Å². The minimum Gasteiger partial charge on any atom is -0.481 e. The van der Waals surface area contributed by atoms with Crippen molar-refractivity contribution in [2.45, 2.75) is 6.92 Å². The maximum absolute atomic E-state index is 11.0. The van der Waals surface area contributed by atoms with Crippen molar-refractivity contribution in [2.75, 3.05) is 7.11 Å². The largest absolute Gasteiger partial charge is 0.481 e. The Balaban J connectivity index is 3.09. The monoisotopic (exact) mass is 195 g/mol. The van der Waals surface area contributed by atoms with E-state index in [-0.39, 0.29) is 5.56 Å². The maximum atomic E-state index is 11.0. The van der Waals surface area contributed by atoms with Gasteiger partial charge in [0, 0.05) is 17.3 Å². The fraction of sp³-hybridized carbons (Fsp3) is 0.222. The highest BCUT2D eigenvalue weighted by molar-refractivity contribution is 6.39. The second kappa shape index (κ2) is 3.87. The number of aromatic nitrogens is 1. The number of carbonyl (C=O) groups excluding carboxylic acids is 1. The number of methoxy groups -OCH3 is 1. The van der Waals surface area contributed by atoms with Crippen LogP contribution in [0.3, 0.4) is 0 Å². The van der Waals surface area contributed by atoms with Gasteiger partial charge < -0.3 is 9.84 Å². The number of carbonyl (C=O) groups is 2. The van der Waals surface area contributed by atoms with Crippen LogP contribution >= 0.6 is 0 Å². The zero-order chi connectivity index (χ0) is 10.7. The number of hydrogen-bond acceptors (Lipinski definition) is 4. The van der Waals surface area contributed by atoms with Crippen molar-refractivity contribution in [3.63, 3.8) is 0 Å². The molecule has 0 amide bonds. The Bertz CT molecular complexity index is 386. The number of pyridine rings is 1. The van der Waals surface area contributed by atoms with E-state index in [0.717, 1.165) is 0 Å². The fourth-order valence-electron chi connectivity index (χ4n) is 1.02. The molecular formula is C9H9NO4. The maximum Gasteiger partial charge on any atom is 0.377 e. The molecule has 14 heavy (non-hydrogen) atoms. The minimum absolute atomic E-state index is 0.0517. The predicted octanol–water partition coefficient (Wildman–Crippen LogP) is 0.666. The van der Waals surface area contributed by atoms with Crippen LogP contribution in [0.25, 0.3) is 0 Å². The molecule has 0 atom stereocenters. The van der Waals surface area contributed by atoms with Crippen molar-refractivity contribution >= 4 is 11.8 Å². The average molecular weight is 195 g/mol. The molecule has 5 heteroatoms. The molecule has 1 N–H and O–H groups in total. The van der Waals surface area contributed by atoms with E-state index in [0.29, 0.717) is 11.4 Å². The van der Waals surface area contributed by atoms with Gasteiger partial charge in [0.25, 0.3) is 5.78 Å². The summed E-state index contributed by atoms with van der Waals surface area (Å²) in [5, 5.41) is 8.44. The third-order valence-electron chi connectivity index (χ3n) is 1.68. The van der Waals surface area contributed by atoms with Gasteiger partial charge in [-0.1, -0.05) is 0 Å². The molecule has 0 aliphatic heterocycles. The van der Waals surface area contributed by atoms with E-state index in [1.54, 1.807) is 6.92 Å². The molecule has 74 valence electrons.